The summed E-state index contributed by atoms with van der Waals surface area (Å²) in [4.78, 5) is 110. The molecule has 0 amide bonds. The molecule has 0 spiro atoms. The number of ketones is 1. The third-order valence-corrected chi connectivity index (χ3v) is 18.0. The molecule has 33 heteroatoms. The number of Topliss-reactive ketones (excluding diaryl/α,β-unsaturated/α-hetero) is 1. The fourth-order valence-corrected chi connectivity index (χ4v) is 12.3. The Hall–Kier alpha value is -8.31. The highest BCUT2D eigenvalue weighted by molar-refractivity contribution is 9.11. The number of nitrogens with two attached hydrogens (primary N) is 1. The Morgan fingerprint density at radius 2 is 0.863 bits per heavy atom. The summed E-state index contributed by atoms with van der Waals surface area (Å²) in [6.07, 6.45) is 5.26. The molecule has 102 heavy (non-hydrogen) atoms. The van der Waals surface area contributed by atoms with Crippen LogP contribution in [0, 0.1) is 71.9 Å². The summed E-state index contributed by atoms with van der Waals surface area (Å²) in [7, 11) is 5.39. The number of benzene rings is 6. The number of nitrogens with one attached hydrogen (secondary N) is 1. The third kappa shape index (κ3) is 26.8. The summed E-state index contributed by atoms with van der Waals surface area (Å²) in [5.41, 5.74) is 12.9. The molecule has 0 saturated carbocycles. The molecule has 3 saturated heterocycles. The molecular formula is C69H79Br5N6O22. The van der Waals surface area contributed by atoms with Gasteiger partial charge in [-0.3, -0.25) is 35.1 Å². The van der Waals surface area contributed by atoms with Gasteiger partial charge in [-0.15, -0.1) is 0 Å². The van der Waals surface area contributed by atoms with Crippen molar-refractivity contribution < 1.29 is 91.7 Å². The van der Waals surface area contributed by atoms with Crippen molar-refractivity contribution in [3.05, 3.63) is 198 Å². The Bertz CT molecular complexity index is 3940. The van der Waals surface area contributed by atoms with Crippen molar-refractivity contribution in [2.45, 2.75) is 99.1 Å². The van der Waals surface area contributed by atoms with Crippen molar-refractivity contribution in [3.8, 4) is 0 Å². The molecule has 3 aliphatic heterocycles. The summed E-state index contributed by atoms with van der Waals surface area (Å²) in [6.45, 7) is 17.5. The summed E-state index contributed by atoms with van der Waals surface area (Å²) in [5.74, 6) is -3.55. The van der Waals surface area contributed by atoms with Crippen molar-refractivity contribution >= 4 is 155 Å². The maximum atomic E-state index is 11.9. The largest absolute Gasteiger partial charge is 0.478 e. The van der Waals surface area contributed by atoms with Crippen molar-refractivity contribution in [1.29, 1.82) is 0 Å². The number of hydrogen-bond acceptors (Lipinski definition) is 23. The number of carbonyl (C=O) groups is 7. The van der Waals surface area contributed by atoms with Gasteiger partial charge in [0.25, 0.3) is 17.1 Å². The van der Waals surface area contributed by atoms with Gasteiger partial charge in [0.05, 0.1) is 89.8 Å². The average Bonchev–Trinajstić information content (AvgIpc) is 0.811. The lowest BCUT2D eigenvalue weighted by atomic mass is 10.0. The lowest BCUT2D eigenvalue weighted by Crippen LogP contribution is -2.40. The monoisotopic (exact) mass is 1740 g/mol. The minimum atomic E-state index is -1.17. The highest BCUT2D eigenvalue weighted by Gasteiger charge is 2.27. The second-order valence-corrected chi connectivity index (χ2v) is 26.8. The molecule has 0 unspecified atom stereocenters. The highest BCUT2D eigenvalue weighted by atomic mass is 79.9. The first-order valence-corrected chi connectivity index (χ1v) is 34.9. The highest BCUT2D eigenvalue weighted by Crippen LogP contribution is 2.34. The number of carboxylic acids is 2. The second-order valence-electron chi connectivity index (χ2n) is 22.2. The van der Waals surface area contributed by atoms with E-state index in [1.165, 1.54) is 91.7 Å². The molecule has 552 valence electrons. The molecule has 0 aliphatic carbocycles. The van der Waals surface area contributed by atoms with Crippen LogP contribution >= 0.6 is 79.6 Å². The number of ether oxygens (including phenoxy) is 7. The van der Waals surface area contributed by atoms with Gasteiger partial charge in [0, 0.05) is 132 Å². The number of nitro benzene ring substituents is 3. The molecule has 0 atom stereocenters. The molecule has 28 nitrogen and oxygen atoms in total. The topological polar surface area (TPSA) is 395 Å². The molecule has 0 radical (unpaired) electrons. The van der Waals surface area contributed by atoms with E-state index in [4.69, 9.17) is 39.6 Å². The van der Waals surface area contributed by atoms with E-state index in [0.29, 0.717) is 80.8 Å². The Morgan fingerprint density at radius 3 is 1.27 bits per heavy atom. The minimum Gasteiger partial charge on any atom is -0.478 e. The van der Waals surface area contributed by atoms with Crippen LogP contribution in [0.3, 0.4) is 0 Å². The molecule has 6 aromatic carbocycles. The molecule has 9 rings (SSSR count). The van der Waals surface area contributed by atoms with Crippen LogP contribution in [-0.2, 0) is 38.0 Å². The Kier molecular flexibility index (Phi) is 37.6. The van der Waals surface area contributed by atoms with Gasteiger partial charge in [0.1, 0.15) is 5.78 Å². The first-order valence-electron chi connectivity index (χ1n) is 31.0. The van der Waals surface area contributed by atoms with E-state index in [1.54, 1.807) is 25.1 Å². The predicted molar refractivity (Wildman–Crippen MR) is 399 cm³/mol. The van der Waals surface area contributed by atoms with Gasteiger partial charge in [0.2, 0.25) is 0 Å². The summed E-state index contributed by atoms with van der Waals surface area (Å²) < 4.78 is 37.9. The zero-order chi connectivity index (χ0) is 76.8. The molecule has 0 aromatic heterocycles. The Labute approximate surface area is 630 Å². The average molecular weight is 1740 g/mol. The smallest absolute Gasteiger partial charge is 0.338 e. The fourth-order valence-electron chi connectivity index (χ4n) is 10.0. The van der Waals surface area contributed by atoms with E-state index in [1.807, 2.05) is 26.0 Å². The van der Waals surface area contributed by atoms with Crippen LogP contribution in [0.2, 0.25) is 0 Å². The number of aromatic carboxylic acids is 2. The molecule has 5 N–H and O–H groups in total. The lowest BCUT2D eigenvalue weighted by Gasteiger charge is -2.36. The SMILES string of the molecule is CCN(c1cc(Br)cc(C(=O)OC)c1C)C1CCOCC1.COC(=O)c1cc(Br)cc(N)c1C.COC(=O)c1cc(Br)cc(NC2CCOCC2)c1C.COC(=O)c1cc(Br)cc([N+](=O)[O-])c1C.Cc1c(C(=O)O)cc(Br)cc1[N+](=O)[O-].Cc1c(C(=O)O)cccc1[N+](=O)[O-].O=C1CCOCC1. The van der Waals surface area contributed by atoms with Crippen molar-refractivity contribution in [2.75, 3.05) is 90.6 Å². The van der Waals surface area contributed by atoms with Crippen molar-refractivity contribution in [1.82, 2.24) is 0 Å². The van der Waals surface area contributed by atoms with Gasteiger partial charge >= 0.3 is 35.8 Å². The van der Waals surface area contributed by atoms with E-state index in [0.717, 1.165) is 100 Å². The maximum Gasteiger partial charge on any atom is 0.338 e. The minimum absolute atomic E-state index is 0.0331. The van der Waals surface area contributed by atoms with Crippen LogP contribution in [0.5, 0.6) is 0 Å². The van der Waals surface area contributed by atoms with Crippen LogP contribution < -0.4 is 16.0 Å². The number of rotatable bonds is 14. The molecule has 3 fully saturated rings. The number of carbonyl (C=O) groups excluding carboxylic acids is 5. The third-order valence-electron chi connectivity index (χ3n) is 15.7. The lowest BCUT2D eigenvalue weighted by molar-refractivity contribution is -0.385. The zero-order valence-corrected chi connectivity index (χ0v) is 65.6. The molecule has 0 bridgehead atoms. The number of methoxy groups -OCH3 is 4. The van der Waals surface area contributed by atoms with Crippen LogP contribution in [0.15, 0.2) is 101 Å². The summed E-state index contributed by atoms with van der Waals surface area (Å²) >= 11 is 16.3. The first-order chi connectivity index (χ1) is 48.1. The predicted octanol–water partition coefficient (Wildman–Crippen LogP) is 15.6. The van der Waals surface area contributed by atoms with Crippen molar-refractivity contribution in [3.63, 3.8) is 0 Å². The quantitative estimate of drug-likeness (QED) is 0.0259. The van der Waals surface area contributed by atoms with E-state index >= 15 is 0 Å². The van der Waals surface area contributed by atoms with Crippen LogP contribution in [-0.4, -0.2) is 153 Å². The number of nitrogens with zero attached hydrogens (tertiary/aromatic N) is 4. The van der Waals surface area contributed by atoms with Gasteiger partial charge in [0.15, 0.2) is 0 Å². The molecule has 6 aromatic rings. The zero-order valence-electron chi connectivity index (χ0n) is 57.7. The molecule has 3 aliphatic rings. The van der Waals surface area contributed by atoms with Crippen LogP contribution in [0.25, 0.3) is 0 Å². The van der Waals surface area contributed by atoms with Gasteiger partial charge in [-0.1, -0.05) is 85.7 Å². The van der Waals surface area contributed by atoms with E-state index in [9.17, 15) is 63.9 Å². The Morgan fingerprint density at radius 1 is 0.500 bits per heavy atom. The maximum absolute atomic E-state index is 11.9. The first kappa shape index (κ1) is 87.9. The van der Waals surface area contributed by atoms with E-state index in [2.05, 4.69) is 112 Å². The number of hydrogen-bond donors (Lipinski definition) is 4. The summed E-state index contributed by atoms with van der Waals surface area (Å²) in [6, 6.07) is 21.4. The number of carboxylic acid groups (broad SMARTS) is 2. The standard InChI is InChI=1S/C16H22BrNO3.C14H18BrNO3.C9H8BrNO4.C9H10BrNO2.C8H6BrNO4.C8H7NO4.C5H8O2/c1-4-18(13-5-7-21-8-6-13)15-10-12(17)9-14(11(15)2)16(19)20-3;1-9-12(14(17)18-2)7-10(15)8-13(9)16-11-3-5-19-6-4-11;1-5-7(9(12)15-2)3-6(10)4-8(5)11(13)14;1-5-7(9(12)13-2)3-6(10)4-8(5)11;1-4-6(8(11)12)2-5(9)3-7(4)10(13)14;1-5-6(8(10)11)3-2-4-7(5)9(12)13;6-5-1-3-7-4-2-5/h9-10,13H,4-8H2,1-3H3;7-8,11,16H,3-6H2,1-2H3;3-4H,1-2H3;3-4H,11H2,1-2H3;2-3H,1H3,(H,11,12);2-4H,1H3,(H,10,11);1-4H2. The second kappa shape index (κ2) is 43.6. The number of halogens is 5. The number of esters is 4. The normalized spacial score (nSPS) is 13.1. The number of anilines is 3. The molecule has 3 heterocycles. The van der Waals surface area contributed by atoms with E-state index in [-0.39, 0.29) is 62.8 Å². The van der Waals surface area contributed by atoms with Gasteiger partial charge < -0.3 is 59.3 Å². The number of nitro groups is 3. The molecular weight excluding hydrogens is 1660 g/mol. The van der Waals surface area contributed by atoms with Gasteiger partial charge in [-0.25, -0.2) is 28.8 Å². The Balaban J connectivity index is 0.000000315. The van der Waals surface area contributed by atoms with Gasteiger partial charge in [-0.05, 0) is 145 Å². The van der Waals surface area contributed by atoms with Crippen LogP contribution in [0.4, 0.5) is 34.1 Å². The van der Waals surface area contributed by atoms with Gasteiger partial charge in [-0.2, -0.15) is 0 Å². The number of nitrogen functional groups attached to an aromatic ring is 1. The fraction of sp³-hybridized carbons (Fsp3) is 0.377. The van der Waals surface area contributed by atoms with Crippen molar-refractivity contribution in [2.24, 2.45) is 0 Å². The van der Waals surface area contributed by atoms with E-state index < -0.39 is 32.7 Å². The summed E-state index contributed by atoms with van der Waals surface area (Å²) in [5, 5.41) is 52.5. The van der Waals surface area contributed by atoms with Crippen LogP contribution in [0.1, 0.15) is 141 Å².